The summed E-state index contributed by atoms with van der Waals surface area (Å²) in [6, 6.07) is 0. The molecule has 16 heavy (non-hydrogen) atoms. The maximum absolute atomic E-state index is 5.67. The second-order valence-electron chi connectivity index (χ2n) is 5.34. The molecule has 4 heteroatoms. The Hall–Kier alpha value is -0.420. The fourth-order valence-corrected chi connectivity index (χ4v) is 0.929. The maximum atomic E-state index is 5.67. The predicted octanol–water partition coefficient (Wildman–Crippen LogP) is 0.701. The Morgan fingerprint density at radius 2 is 1.50 bits per heavy atom. The Morgan fingerprint density at radius 1 is 1.00 bits per heavy atom. The summed E-state index contributed by atoms with van der Waals surface area (Å²) in [6.45, 7) is 9.21. The Kier molecular flexibility index (Phi) is 9.77. The number of hydrogen-bond donors (Lipinski definition) is 4. The third-order valence-corrected chi connectivity index (χ3v) is 1.71. The second kappa shape index (κ2) is 8.70. The van der Waals surface area contributed by atoms with Gasteiger partial charge in [-0.15, -0.1) is 0 Å². The third kappa shape index (κ3) is 23.4. The van der Waals surface area contributed by atoms with Crippen LogP contribution in [-0.4, -0.2) is 24.2 Å². The van der Waals surface area contributed by atoms with Crippen LogP contribution in [0.1, 0.15) is 40.5 Å². The molecule has 98 valence electrons. The minimum Gasteiger partial charge on any atom is -0.330 e. The summed E-state index contributed by atoms with van der Waals surface area (Å²) in [5.74, 6) is 0. The first-order chi connectivity index (χ1) is 7.12. The molecule has 0 heterocycles. The van der Waals surface area contributed by atoms with Crippen LogP contribution >= 0.6 is 0 Å². The van der Waals surface area contributed by atoms with Crippen LogP contribution in [0, 0.1) is 0 Å². The average Bonchev–Trinajstić information content (AvgIpc) is 2.10. The van der Waals surface area contributed by atoms with Crippen LogP contribution in [0.2, 0.25) is 0 Å². The van der Waals surface area contributed by atoms with E-state index >= 15 is 0 Å². The Morgan fingerprint density at radius 3 is 1.62 bits per heavy atom. The van der Waals surface area contributed by atoms with Gasteiger partial charge in [0.05, 0.1) is 0 Å². The van der Waals surface area contributed by atoms with Gasteiger partial charge >= 0.3 is 0 Å². The van der Waals surface area contributed by atoms with E-state index in [1.807, 2.05) is 39.8 Å². The molecule has 0 radical (unpaired) electrons. The topological polar surface area (TPSA) is 104 Å². The highest BCUT2D eigenvalue weighted by Crippen LogP contribution is 2.04. The van der Waals surface area contributed by atoms with E-state index in [1.165, 1.54) is 0 Å². The SMILES string of the molecule is CC(C)(N)C=CCN.CC(C)(N)CCCN. The molecule has 0 spiro atoms. The van der Waals surface area contributed by atoms with Crippen molar-refractivity contribution in [2.75, 3.05) is 13.1 Å². The number of hydrogen-bond acceptors (Lipinski definition) is 4. The first-order valence-electron chi connectivity index (χ1n) is 5.78. The molecule has 0 aromatic rings. The standard InChI is InChI=1S/C6H16N2.C6H14N2/c2*1-6(2,8)4-3-5-7/h3-5,7-8H2,1-2H3;3-4H,5,7-8H2,1-2H3. The summed E-state index contributed by atoms with van der Waals surface area (Å²) < 4.78 is 0. The van der Waals surface area contributed by atoms with Crippen LogP contribution in [0.15, 0.2) is 12.2 Å². The molecule has 0 atom stereocenters. The molecule has 8 N–H and O–H groups in total. The van der Waals surface area contributed by atoms with Gasteiger partial charge in [-0.3, -0.25) is 0 Å². The molecule has 0 rings (SSSR count). The van der Waals surface area contributed by atoms with Crippen molar-refractivity contribution in [3.8, 4) is 0 Å². The molecule has 0 unspecified atom stereocenters. The first-order valence-corrected chi connectivity index (χ1v) is 5.78. The molecule has 0 saturated carbocycles. The van der Waals surface area contributed by atoms with Crippen molar-refractivity contribution in [1.82, 2.24) is 0 Å². The molecule has 0 aliphatic heterocycles. The summed E-state index contributed by atoms with van der Waals surface area (Å²) >= 11 is 0. The van der Waals surface area contributed by atoms with Crippen LogP contribution in [0.4, 0.5) is 0 Å². The predicted molar refractivity (Wildman–Crippen MR) is 73.0 cm³/mol. The zero-order valence-corrected chi connectivity index (χ0v) is 11.3. The highest BCUT2D eigenvalue weighted by molar-refractivity contribution is 4.98. The smallest absolute Gasteiger partial charge is 0.0282 e. The quantitative estimate of drug-likeness (QED) is 0.522. The van der Waals surface area contributed by atoms with Crippen molar-refractivity contribution in [2.45, 2.75) is 51.6 Å². The lowest BCUT2D eigenvalue weighted by Gasteiger charge is -2.16. The van der Waals surface area contributed by atoms with Crippen molar-refractivity contribution < 1.29 is 0 Å². The van der Waals surface area contributed by atoms with E-state index in [4.69, 9.17) is 22.9 Å². The molecule has 0 aliphatic rings. The lowest BCUT2D eigenvalue weighted by molar-refractivity contribution is 0.462. The van der Waals surface area contributed by atoms with Crippen molar-refractivity contribution in [1.29, 1.82) is 0 Å². The van der Waals surface area contributed by atoms with Gasteiger partial charge in [0.2, 0.25) is 0 Å². The molecule has 0 aliphatic carbocycles. The highest BCUT2D eigenvalue weighted by atomic mass is 14.7. The molecule has 0 saturated heterocycles. The van der Waals surface area contributed by atoms with Crippen molar-refractivity contribution >= 4 is 0 Å². The fraction of sp³-hybridized carbons (Fsp3) is 0.833. The van der Waals surface area contributed by atoms with E-state index in [-0.39, 0.29) is 11.1 Å². The van der Waals surface area contributed by atoms with Crippen LogP contribution in [0.25, 0.3) is 0 Å². The van der Waals surface area contributed by atoms with Gasteiger partial charge in [-0.25, -0.2) is 0 Å². The molecular weight excluding hydrogens is 200 g/mol. The van der Waals surface area contributed by atoms with Crippen LogP contribution < -0.4 is 22.9 Å². The van der Waals surface area contributed by atoms with Gasteiger partial charge in [-0.1, -0.05) is 12.2 Å². The summed E-state index contributed by atoms with van der Waals surface area (Å²) in [4.78, 5) is 0. The van der Waals surface area contributed by atoms with E-state index in [0.29, 0.717) is 6.54 Å². The Balaban J connectivity index is 0. The molecular formula is C12H30N4. The zero-order valence-electron chi connectivity index (χ0n) is 11.3. The fourth-order valence-electron chi connectivity index (χ4n) is 0.929. The molecule has 0 aromatic heterocycles. The zero-order chi connectivity index (χ0) is 13.2. The third-order valence-electron chi connectivity index (χ3n) is 1.71. The van der Waals surface area contributed by atoms with Crippen molar-refractivity contribution in [3.05, 3.63) is 12.2 Å². The van der Waals surface area contributed by atoms with Gasteiger partial charge in [-0.05, 0) is 47.1 Å². The number of nitrogens with two attached hydrogens (primary N) is 4. The Labute approximate surface area is 100 Å². The minimum atomic E-state index is -0.209. The second-order valence-corrected chi connectivity index (χ2v) is 5.34. The van der Waals surface area contributed by atoms with E-state index in [2.05, 4.69) is 0 Å². The van der Waals surface area contributed by atoms with Gasteiger partial charge in [0.15, 0.2) is 0 Å². The van der Waals surface area contributed by atoms with Gasteiger partial charge in [0.1, 0.15) is 0 Å². The number of rotatable bonds is 5. The summed E-state index contributed by atoms with van der Waals surface area (Å²) in [5, 5.41) is 0. The van der Waals surface area contributed by atoms with Crippen LogP contribution in [-0.2, 0) is 0 Å². The average molecular weight is 230 g/mol. The minimum absolute atomic E-state index is 0.0284. The molecule has 0 aromatic carbocycles. The first kappa shape index (κ1) is 18.0. The van der Waals surface area contributed by atoms with E-state index in [9.17, 15) is 0 Å². The monoisotopic (exact) mass is 230 g/mol. The largest absolute Gasteiger partial charge is 0.330 e. The lowest BCUT2D eigenvalue weighted by atomic mass is 10.0. The van der Waals surface area contributed by atoms with Gasteiger partial charge in [0.25, 0.3) is 0 Å². The van der Waals surface area contributed by atoms with Gasteiger partial charge in [0, 0.05) is 17.6 Å². The van der Waals surface area contributed by atoms with E-state index in [0.717, 1.165) is 19.4 Å². The summed E-state index contributed by atoms with van der Waals surface area (Å²) in [6.07, 6.45) is 5.81. The van der Waals surface area contributed by atoms with Crippen molar-refractivity contribution in [2.24, 2.45) is 22.9 Å². The normalized spacial score (nSPS) is 12.5. The van der Waals surface area contributed by atoms with E-state index in [1.54, 1.807) is 0 Å². The maximum Gasteiger partial charge on any atom is 0.0282 e. The molecule has 0 amide bonds. The van der Waals surface area contributed by atoms with Crippen molar-refractivity contribution in [3.63, 3.8) is 0 Å². The molecule has 0 bridgehead atoms. The highest BCUT2D eigenvalue weighted by Gasteiger charge is 2.07. The molecule has 0 fully saturated rings. The lowest BCUT2D eigenvalue weighted by Crippen LogP contribution is -2.32. The summed E-state index contributed by atoms with van der Waals surface area (Å²) in [7, 11) is 0. The molecule has 4 nitrogen and oxygen atoms in total. The van der Waals surface area contributed by atoms with Crippen LogP contribution in [0.3, 0.4) is 0 Å². The van der Waals surface area contributed by atoms with Gasteiger partial charge < -0.3 is 22.9 Å². The Bertz CT molecular complexity index is 174. The van der Waals surface area contributed by atoms with E-state index < -0.39 is 0 Å². The van der Waals surface area contributed by atoms with Crippen LogP contribution in [0.5, 0.6) is 0 Å². The summed E-state index contributed by atoms with van der Waals surface area (Å²) in [5.41, 5.74) is 21.5. The van der Waals surface area contributed by atoms with Gasteiger partial charge in [-0.2, -0.15) is 0 Å².